The van der Waals surface area contributed by atoms with Crippen LogP contribution in [0.15, 0.2) is 0 Å². The van der Waals surface area contributed by atoms with Crippen LogP contribution in [0.4, 0.5) is 0 Å². The van der Waals surface area contributed by atoms with Crippen LogP contribution < -0.4 is 0 Å². The molecule has 0 amide bonds. The molecule has 0 unspecified atom stereocenters. The lowest BCUT2D eigenvalue weighted by Crippen LogP contribution is -2.46. The monoisotopic (exact) mass is 178 g/mol. The Kier molecular flexibility index (Phi) is 2.85. The smallest absolute Gasteiger partial charge is 0.0868 e. The molecular weight excluding hydrogens is 160 g/mol. The van der Waals surface area contributed by atoms with Crippen LogP contribution in [-0.4, -0.2) is 24.0 Å². The minimum atomic E-state index is 0.654. The van der Waals surface area contributed by atoms with Crippen molar-refractivity contribution in [3.63, 3.8) is 0 Å². The molecule has 1 aliphatic heterocycles. The second-order valence-electron chi connectivity index (χ2n) is 4.38. The highest BCUT2D eigenvalue weighted by atomic mass is 15.2. The van der Waals surface area contributed by atoms with Crippen LogP contribution in [-0.2, 0) is 0 Å². The van der Waals surface area contributed by atoms with Gasteiger partial charge in [0.15, 0.2) is 0 Å². The number of hydrogen-bond acceptors (Lipinski definition) is 2. The highest BCUT2D eigenvalue weighted by Gasteiger charge is 2.32. The van der Waals surface area contributed by atoms with Gasteiger partial charge in [0.2, 0.25) is 0 Å². The number of likely N-dealkylation sites (tertiary alicyclic amines) is 1. The van der Waals surface area contributed by atoms with E-state index in [4.69, 9.17) is 5.26 Å². The maximum absolute atomic E-state index is 8.72. The summed E-state index contributed by atoms with van der Waals surface area (Å²) in [6.07, 6.45) is 8.26. The zero-order valence-electron chi connectivity index (χ0n) is 8.21. The van der Waals surface area contributed by atoms with Crippen molar-refractivity contribution < 1.29 is 0 Å². The average molecular weight is 178 g/mol. The molecule has 1 saturated heterocycles. The Morgan fingerprint density at radius 3 is 2.77 bits per heavy atom. The van der Waals surface area contributed by atoms with Crippen molar-refractivity contribution in [3.8, 4) is 6.07 Å². The lowest BCUT2D eigenvalue weighted by molar-refractivity contribution is 0.0725. The molecule has 0 radical (unpaired) electrons. The fraction of sp³-hybridized carbons (Fsp3) is 0.909. The van der Waals surface area contributed by atoms with Crippen molar-refractivity contribution in [2.24, 2.45) is 5.92 Å². The van der Waals surface area contributed by atoms with Gasteiger partial charge in [0.05, 0.1) is 12.6 Å². The number of nitrogens with zero attached hydrogens (tertiary/aromatic N) is 2. The van der Waals surface area contributed by atoms with Crippen LogP contribution in [0.5, 0.6) is 0 Å². The third-order valence-corrected chi connectivity index (χ3v) is 3.63. The molecule has 72 valence electrons. The first-order valence-corrected chi connectivity index (χ1v) is 5.53. The molecule has 0 aromatic rings. The van der Waals surface area contributed by atoms with Crippen LogP contribution in [0.25, 0.3) is 0 Å². The van der Waals surface area contributed by atoms with E-state index < -0.39 is 0 Å². The van der Waals surface area contributed by atoms with Crippen LogP contribution in [0.2, 0.25) is 0 Å². The molecule has 0 bridgehead atoms. The van der Waals surface area contributed by atoms with Crippen molar-refractivity contribution in [3.05, 3.63) is 0 Å². The standard InChI is InChI=1S/C11H18N2/c12-7-9-13-8-3-5-10-4-1-2-6-11(10)13/h10-11H,1-6,8-9H2/t10-,11-/m1/s1. The summed E-state index contributed by atoms with van der Waals surface area (Å²) >= 11 is 0. The van der Waals surface area contributed by atoms with E-state index in [1.807, 2.05) is 0 Å². The Balaban J connectivity index is 1.99. The molecule has 2 rings (SSSR count). The number of rotatable bonds is 1. The molecule has 0 spiro atoms. The van der Waals surface area contributed by atoms with E-state index in [1.54, 1.807) is 0 Å². The molecule has 2 aliphatic rings. The van der Waals surface area contributed by atoms with Crippen molar-refractivity contribution >= 4 is 0 Å². The van der Waals surface area contributed by atoms with Crippen LogP contribution >= 0.6 is 0 Å². The van der Waals surface area contributed by atoms with Gasteiger partial charge in [-0.05, 0) is 38.1 Å². The molecule has 1 saturated carbocycles. The van der Waals surface area contributed by atoms with Gasteiger partial charge < -0.3 is 0 Å². The minimum absolute atomic E-state index is 0.654. The highest BCUT2D eigenvalue weighted by Crippen LogP contribution is 2.34. The number of piperidine rings is 1. The second-order valence-corrected chi connectivity index (χ2v) is 4.38. The van der Waals surface area contributed by atoms with E-state index in [0.717, 1.165) is 18.5 Å². The maximum atomic E-state index is 8.72. The third kappa shape index (κ3) is 1.86. The van der Waals surface area contributed by atoms with Gasteiger partial charge in [0, 0.05) is 6.04 Å². The highest BCUT2D eigenvalue weighted by molar-refractivity contribution is 4.90. The van der Waals surface area contributed by atoms with Crippen molar-refractivity contribution in [2.45, 2.75) is 44.6 Å². The molecule has 2 heteroatoms. The average Bonchev–Trinajstić information content (AvgIpc) is 2.19. The Morgan fingerprint density at radius 1 is 1.15 bits per heavy atom. The Hall–Kier alpha value is -0.550. The van der Waals surface area contributed by atoms with E-state index in [-0.39, 0.29) is 0 Å². The van der Waals surface area contributed by atoms with E-state index >= 15 is 0 Å². The first-order chi connectivity index (χ1) is 6.42. The van der Waals surface area contributed by atoms with E-state index in [1.165, 1.54) is 38.5 Å². The Morgan fingerprint density at radius 2 is 1.92 bits per heavy atom. The van der Waals surface area contributed by atoms with Crippen molar-refractivity contribution in [1.29, 1.82) is 5.26 Å². The minimum Gasteiger partial charge on any atom is -0.287 e. The normalized spacial score (nSPS) is 35.0. The fourth-order valence-electron chi connectivity index (χ4n) is 3.02. The van der Waals surface area contributed by atoms with Gasteiger partial charge in [0.1, 0.15) is 0 Å². The van der Waals surface area contributed by atoms with Gasteiger partial charge in [-0.3, -0.25) is 4.90 Å². The third-order valence-electron chi connectivity index (χ3n) is 3.63. The van der Waals surface area contributed by atoms with Gasteiger partial charge in [-0.1, -0.05) is 12.8 Å². The second kappa shape index (κ2) is 4.11. The van der Waals surface area contributed by atoms with Crippen molar-refractivity contribution in [2.75, 3.05) is 13.1 Å². The largest absolute Gasteiger partial charge is 0.287 e. The SMILES string of the molecule is N#CCN1CCC[C@H]2CCCC[C@H]21. The van der Waals surface area contributed by atoms with E-state index in [9.17, 15) is 0 Å². The van der Waals surface area contributed by atoms with Gasteiger partial charge in [-0.15, -0.1) is 0 Å². The predicted molar refractivity (Wildman–Crippen MR) is 52.2 cm³/mol. The zero-order chi connectivity index (χ0) is 9.10. The van der Waals surface area contributed by atoms with Crippen LogP contribution in [0, 0.1) is 17.2 Å². The Bertz CT molecular complexity index is 205. The molecular formula is C11H18N2. The fourth-order valence-corrected chi connectivity index (χ4v) is 3.02. The topological polar surface area (TPSA) is 27.0 Å². The molecule has 2 atom stereocenters. The predicted octanol–water partition coefficient (Wildman–Crippen LogP) is 2.16. The lowest BCUT2D eigenvalue weighted by atomic mass is 9.78. The van der Waals surface area contributed by atoms with E-state index in [2.05, 4.69) is 11.0 Å². The van der Waals surface area contributed by atoms with Crippen molar-refractivity contribution in [1.82, 2.24) is 4.90 Å². The summed E-state index contributed by atoms with van der Waals surface area (Å²) in [6.45, 7) is 1.82. The van der Waals surface area contributed by atoms with Gasteiger partial charge in [-0.2, -0.15) is 5.26 Å². The summed E-state index contributed by atoms with van der Waals surface area (Å²) in [7, 11) is 0. The first-order valence-electron chi connectivity index (χ1n) is 5.53. The molecule has 2 nitrogen and oxygen atoms in total. The van der Waals surface area contributed by atoms with E-state index in [0.29, 0.717) is 6.54 Å². The van der Waals surface area contributed by atoms with Gasteiger partial charge in [-0.25, -0.2) is 0 Å². The molecule has 13 heavy (non-hydrogen) atoms. The quantitative estimate of drug-likeness (QED) is 0.575. The molecule has 0 aromatic carbocycles. The summed E-state index contributed by atoms with van der Waals surface area (Å²) in [5.74, 6) is 0.913. The number of hydrogen-bond donors (Lipinski definition) is 0. The lowest BCUT2D eigenvalue weighted by Gasteiger charge is -2.43. The summed E-state index contributed by atoms with van der Waals surface area (Å²) in [4.78, 5) is 2.41. The molecule has 1 heterocycles. The van der Waals surface area contributed by atoms with Crippen LogP contribution in [0.3, 0.4) is 0 Å². The number of nitriles is 1. The summed E-state index contributed by atoms with van der Waals surface area (Å²) in [5.41, 5.74) is 0. The zero-order valence-corrected chi connectivity index (χ0v) is 8.21. The number of fused-ring (bicyclic) bond motifs is 1. The van der Waals surface area contributed by atoms with Gasteiger partial charge >= 0.3 is 0 Å². The summed E-state index contributed by atoms with van der Waals surface area (Å²) in [6, 6.07) is 3.05. The maximum Gasteiger partial charge on any atom is 0.0868 e. The molecule has 2 fully saturated rings. The molecule has 0 aromatic heterocycles. The summed E-state index contributed by atoms with van der Waals surface area (Å²) in [5, 5.41) is 8.72. The molecule has 1 aliphatic carbocycles. The summed E-state index contributed by atoms with van der Waals surface area (Å²) < 4.78 is 0. The molecule has 0 N–H and O–H groups in total. The van der Waals surface area contributed by atoms with Crippen LogP contribution in [0.1, 0.15) is 38.5 Å². The first kappa shape index (κ1) is 9.02. The van der Waals surface area contributed by atoms with Gasteiger partial charge in [0.25, 0.3) is 0 Å². The Labute approximate surface area is 80.5 Å².